The Hall–Kier alpha value is -0.630. The van der Waals surface area contributed by atoms with Crippen molar-refractivity contribution in [1.29, 1.82) is 0 Å². The molecule has 114 valence electrons. The van der Waals surface area contributed by atoms with Crippen LogP contribution >= 0.6 is 12.4 Å². The van der Waals surface area contributed by atoms with Gasteiger partial charge in [0.15, 0.2) is 5.03 Å². The maximum atomic E-state index is 12.6. The molecule has 0 radical (unpaired) electrons. The van der Waals surface area contributed by atoms with E-state index >= 15 is 0 Å². The van der Waals surface area contributed by atoms with Crippen molar-refractivity contribution >= 4 is 22.4 Å². The summed E-state index contributed by atoms with van der Waals surface area (Å²) in [7, 11) is -1.62. The molecule has 2 aliphatic heterocycles. The summed E-state index contributed by atoms with van der Waals surface area (Å²) in [5, 5.41) is 3.52. The largest absolute Gasteiger partial charge is 0.337 e. The van der Waals surface area contributed by atoms with E-state index in [0.29, 0.717) is 13.1 Å². The second-order valence-corrected chi connectivity index (χ2v) is 7.64. The Balaban J connectivity index is 0.00000147. The average Bonchev–Trinajstić information content (AvgIpc) is 3.05. The minimum Gasteiger partial charge on any atom is -0.337 e. The van der Waals surface area contributed by atoms with Crippen LogP contribution in [0.1, 0.15) is 18.7 Å². The first-order valence-corrected chi connectivity index (χ1v) is 8.08. The molecule has 1 unspecified atom stereocenters. The first kappa shape index (κ1) is 15.8. The third-order valence-electron chi connectivity index (χ3n) is 4.43. The van der Waals surface area contributed by atoms with Crippen molar-refractivity contribution in [1.82, 2.24) is 19.2 Å². The normalized spacial score (nSPS) is 27.1. The lowest BCUT2D eigenvalue weighted by Gasteiger charge is -2.22. The summed E-state index contributed by atoms with van der Waals surface area (Å²) >= 11 is 0. The summed E-state index contributed by atoms with van der Waals surface area (Å²) in [5.41, 5.74) is 0.150. The Morgan fingerprint density at radius 2 is 2.15 bits per heavy atom. The van der Waals surface area contributed by atoms with Crippen molar-refractivity contribution in [2.45, 2.75) is 24.8 Å². The van der Waals surface area contributed by atoms with Crippen molar-refractivity contribution in [2.24, 2.45) is 12.5 Å². The van der Waals surface area contributed by atoms with Gasteiger partial charge in [-0.3, -0.25) is 0 Å². The maximum absolute atomic E-state index is 12.6. The van der Waals surface area contributed by atoms with Gasteiger partial charge in [-0.25, -0.2) is 13.4 Å². The molecule has 0 bridgehead atoms. The Kier molecular flexibility index (Phi) is 4.17. The number of aromatic nitrogens is 2. The third kappa shape index (κ3) is 2.47. The van der Waals surface area contributed by atoms with E-state index in [4.69, 9.17) is 0 Å². The first-order valence-electron chi connectivity index (χ1n) is 6.64. The highest BCUT2D eigenvalue weighted by molar-refractivity contribution is 7.89. The summed E-state index contributed by atoms with van der Waals surface area (Å²) in [6.07, 6.45) is 3.62. The van der Waals surface area contributed by atoms with E-state index in [-0.39, 0.29) is 22.8 Å². The molecule has 3 heterocycles. The van der Waals surface area contributed by atoms with Crippen LogP contribution in [-0.4, -0.2) is 48.5 Å². The number of imidazole rings is 1. The fourth-order valence-electron chi connectivity index (χ4n) is 3.03. The summed E-state index contributed by atoms with van der Waals surface area (Å²) in [6, 6.07) is 0. The number of halogens is 1. The first-order chi connectivity index (χ1) is 8.93. The van der Waals surface area contributed by atoms with Gasteiger partial charge in [-0.1, -0.05) is 0 Å². The van der Waals surface area contributed by atoms with Crippen molar-refractivity contribution in [3.8, 4) is 0 Å². The average molecular weight is 321 g/mol. The summed E-state index contributed by atoms with van der Waals surface area (Å²) < 4.78 is 28.5. The molecule has 0 amide bonds. The minimum absolute atomic E-state index is 0. The Bertz CT molecular complexity index is 573. The van der Waals surface area contributed by atoms with Crippen LogP contribution in [0.4, 0.5) is 0 Å². The maximum Gasteiger partial charge on any atom is 0.262 e. The van der Waals surface area contributed by atoms with E-state index in [1.807, 2.05) is 14.0 Å². The van der Waals surface area contributed by atoms with Crippen LogP contribution in [-0.2, 0) is 17.1 Å². The van der Waals surface area contributed by atoms with Crippen LogP contribution in [0.3, 0.4) is 0 Å². The monoisotopic (exact) mass is 320 g/mol. The Morgan fingerprint density at radius 3 is 2.70 bits per heavy atom. The number of rotatable bonds is 2. The highest BCUT2D eigenvalue weighted by atomic mass is 35.5. The molecule has 20 heavy (non-hydrogen) atoms. The smallest absolute Gasteiger partial charge is 0.262 e. The molecule has 6 nitrogen and oxygen atoms in total. The standard InChI is InChI=1S/C12H20N4O2S.ClH/c1-10-14-11(7-15(10)2)19(17,18)16-6-4-12(9-16)3-5-13-8-12;/h7,13H,3-6,8-9H2,1-2H3;1H. The zero-order valence-corrected chi connectivity index (χ0v) is 13.4. The zero-order valence-electron chi connectivity index (χ0n) is 11.8. The number of hydrogen-bond donors (Lipinski definition) is 1. The van der Waals surface area contributed by atoms with Crippen LogP contribution in [0.2, 0.25) is 0 Å². The molecule has 1 N–H and O–H groups in total. The van der Waals surface area contributed by atoms with Crippen LogP contribution in [0, 0.1) is 12.3 Å². The van der Waals surface area contributed by atoms with Gasteiger partial charge < -0.3 is 9.88 Å². The Labute approximate surface area is 126 Å². The van der Waals surface area contributed by atoms with E-state index in [2.05, 4.69) is 10.3 Å². The summed E-state index contributed by atoms with van der Waals surface area (Å²) in [5.74, 6) is 0.718. The van der Waals surface area contributed by atoms with Crippen LogP contribution < -0.4 is 5.32 Å². The van der Waals surface area contributed by atoms with Gasteiger partial charge in [0.25, 0.3) is 10.0 Å². The molecule has 2 saturated heterocycles. The highest BCUT2D eigenvalue weighted by Crippen LogP contribution is 2.38. The van der Waals surface area contributed by atoms with E-state index in [1.54, 1.807) is 15.1 Å². The van der Waals surface area contributed by atoms with Gasteiger partial charge in [-0.15, -0.1) is 12.4 Å². The number of sulfonamides is 1. The van der Waals surface area contributed by atoms with Crippen LogP contribution in [0.5, 0.6) is 0 Å². The van der Waals surface area contributed by atoms with Crippen molar-refractivity contribution < 1.29 is 8.42 Å². The van der Waals surface area contributed by atoms with Crippen molar-refractivity contribution in [3.63, 3.8) is 0 Å². The third-order valence-corrected chi connectivity index (χ3v) is 6.14. The number of nitrogens with one attached hydrogen (secondary N) is 1. The van der Waals surface area contributed by atoms with Gasteiger partial charge in [-0.05, 0) is 31.7 Å². The molecular formula is C12H21ClN4O2S. The molecule has 1 spiro atoms. The lowest BCUT2D eigenvalue weighted by molar-refractivity contribution is 0.337. The predicted octanol–water partition coefficient (Wildman–Crippen LogP) is 0.524. The molecule has 0 aromatic carbocycles. The molecule has 0 saturated carbocycles. The molecule has 0 aliphatic carbocycles. The molecule has 3 rings (SSSR count). The van der Waals surface area contributed by atoms with Crippen molar-refractivity contribution in [3.05, 3.63) is 12.0 Å². The Morgan fingerprint density at radius 1 is 1.40 bits per heavy atom. The fourth-order valence-corrected chi connectivity index (χ4v) is 4.60. The molecular weight excluding hydrogens is 300 g/mol. The quantitative estimate of drug-likeness (QED) is 0.863. The van der Waals surface area contributed by atoms with Gasteiger partial charge in [0.1, 0.15) is 5.82 Å². The van der Waals surface area contributed by atoms with E-state index in [1.165, 1.54) is 0 Å². The second-order valence-electron chi connectivity index (χ2n) is 5.75. The van der Waals surface area contributed by atoms with Crippen LogP contribution in [0.25, 0.3) is 0 Å². The summed E-state index contributed by atoms with van der Waals surface area (Å²) in [4.78, 5) is 4.16. The molecule has 1 aromatic heterocycles. The van der Waals surface area contributed by atoms with E-state index in [9.17, 15) is 8.42 Å². The fraction of sp³-hybridized carbons (Fsp3) is 0.750. The molecule has 2 fully saturated rings. The van der Waals surface area contributed by atoms with Gasteiger partial charge in [0.2, 0.25) is 0 Å². The lowest BCUT2D eigenvalue weighted by Crippen LogP contribution is -2.33. The lowest BCUT2D eigenvalue weighted by atomic mass is 9.87. The predicted molar refractivity (Wildman–Crippen MR) is 78.5 cm³/mol. The van der Waals surface area contributed by atoms with Crippen molar-refractivity contribution in [2.75, 3.05) is 26.2 Å². The highest BCUT2D eigenvalue weighted by Gasteiger charge is 2.45. The molecule has 2 aliphatic rings. The zero-order chi connectivity index (χ0) is 13.7. The molecule has 8 heteroatoms. The topological polar surface area (TPSA) is 67.2 Å². The number of nitrogens with zero attached hydrogens (tertiary/aromatic N) is 3. The second kappa shape index (κ2) is 5.29. The van der Waals surface area contributed by atoms with Gasteiger partial charge in [0.05, 0.1) is 0 Å². The SMILES string of the molecule is Cc1nc(S(=O)(=O)N2CCC3(CCNC3)C2)cn1C.Cl. The molecule has 1 atom stereocenters. The van der Waals surface area contributed by atoms with Gasteiger partial charge in [0, 0.05) is 32.9 Å². The molecule has 1 aromatic rings. The van der Waals surface area contributed by atoms with E-state index < -0.39 is 10.0 Å². The van der Waals surface area contributed by atoms with Gasteiger partial charge >= 0.3 is 0 Å². The number of hydrogen-bond acceptors (Lipinski definition) is 4. The number of aryl methyl sites for hydroxylation is 2. The minimum atomic E-state index is -3.43. The summed E-state index contributed by atoms with van der Waals surface area (Å²) in [6.45, 7) is 4.97. The van der Waals surface area contributed by atoms with E-state index in [0.717, 1.165) is 31.8 Å². The van der Waals surface area contributed by atoms with Gasteiger partial charge in [-0.2, -0.15) is 4.31 Å². The van der Waals surface area contributed by atoms with Crippen LogP contribution in [0.15, 0.2) is 11.2 Å².